The molecule has 0 fully saturated rings. The Morgan fingerprint density at radius 1 is 1.22 bits per heavy atom. The van der Waals surface area contributed by atoms with Gasteiger partial charge in [0.2, 0.25) is 5.89 Å². The maximum absolute atomic E-state index is 11.3. The van der Waals surface area contributed by atoms with Crippen LogP contribution in [0.5, 0.6) is 0 Å². The molecule has 0 saturated heterocycles. The van der Waals surface area contributed by atoms with Crippen molar-refractivity contribution < 1.29 is 14.1 Å². The zero-order valence-electron chi connectivity index (χ0n) is 13.8. The normalized spacial score (nSPS) is 12.0. The number of carbonyl (C=O) groups is 1. The number of amides is 1. The van der Waals surface area contributed by atoms with Crippen LogP contribution >= 0.6 is 0 Å². The van der Waals surface area contributed by atoms with Crippen LogP contribution in [0, 0.1) is 0 Å². The van der Waals surface area contributed by atoms with Crippen molar-refractivity contribution in [2.24, 2.45) is 0 Å². The molecule has 0 spiro atoms. The van der Waals surface area contributed by atoms with Gasteiger partial charge >= 0.3 is 6.09 Å². The molecule has 1 atom stereocenters. The molecular formula is C16H22N4O3. The maximum atomic E-state index is 11.3. The van der Waals surface area contributed by atoms with E-state index in [4.69, 9.17) is 9.26 Å². The lowest BCUT2D eigenvalue weighted by Gasteiger charge is -2.12. The first-order valence-corrected chi connectivity index (χ1v) is 7.63. The first kappa shape index (κ1) is 16.8. The summed E-state index contributed by atoms with van der Waals surface area (Å²) in [5, 5.41) is 9.87. The highest BCUT2D eigenvalue weighted by molar-refractivity contribution is 5.84. The standard InChI is InChI=1S/C16H22N4O3/c1-5-22-16(21)18-13-8-6-12(7-9-13)17-11(4)15-19-14(10(2)3)20-23-15/h6-11,17H,5H2,1-4H3,(H,18,21). The smallest absolute Gasteiger partial charge is 0.411 e. The molecule has 23 heavy (non-hydrogen) atoms. The summed E-state index contributed by atoms with van der Waals surface area (Å²) in [6.45, 7) is 8.08. The van der Waals surface area contributed by atoms with Gasteiger partial charge in [0.05, 0.1) is 6.61 Å². The topological polar surface area (TPSA) is 89.3 Å². The van der Waals surface area contributed by atoms with E-state index in [1.165, 1.54) is 0 Å². The lowest BCUT2D eigenvalue weighted by molar-refractivity contribution is 0.168. The molecule has 0 radical (unpaired) electrons. The molecule has 7 nitrogen and oxygen atoms in total. The molecule has 1 aromatic heterocycles. The van der Waals surface area contributed by atoms with Crippen LogP contribution in [0.2, 0.25) is 0 Å². The summed E-state index contributed by atoms with van der Waals surface area (Å²) in [6, 6.07) is 7.19. The highest BCUT2D eigenvalue weighted by Gasteiger charge is 2.15. The number of ether oxygens (including phenoxy) is 1. The summed E-state index contributed by atoms with van der Waals surface area (Å²) in [5.41, 5.74) is 1.55. The van der Waals surface area contributed by atoms with Gasteiger partial charge in [-0.3, -0.25) is 5.32 Å². The van der Waals surface area contributed by atoms with Crippen LogP contribution < -0.4 is 10.6 Å². The molecule has 7 heteroatoms. The molecule has 1 unspecified atom stereocenters. The van der Waals surface area contributed by atoms with Crippen molar-refractivity contribution in [2.45, 2.75) is 39.7 Å². The van der Waals surface area contributed by atoms with Crippen LogP contribution in [-0.4, -0.2) is 22.8 Å². The zero-order chi connectivity index (χ0) is 16.8. The molecule has 0 aliphatic heterocycles. The molecule has 124 valence electrons. The Hall–Kier alpha value is -2.57. The van der Waals surface area contributed by atoms with Crippen molar-refractivity contribution in [1.29, 1.82) is 0 Å². The van der Waals surface area contributed by atoms with Gasteiger partial charge in [0.25, 0.3) is 0 Å². The third-order valence-electron chi connectivity index (χ3n) is 3.13. The predicted molar refractivity (Wildman–Crippen MR) is 87.5 cm³/mol. The second-order valence-electron chi connectivity index (χ2n) is 5.43. The van der Waals surface area contributed by atoms with Crippen molar-refractivity contribution in [3.05, 3.63) is 36.0 Å². The minimum atomic E-state index is -0.464. The number of benzene rings is 1. The van der Waals surface area contributed by atoms with Gasteiger partial charge in [0.1, 0.15) is 6.04 Å². The van der Waals surface area contributed by atoms with Crippen molar-refractivity contribution in [2.75, 3.05) is 17.2 Å². The van der Waals surface area contributed by atoms with Gasteiger partial charge in [-0.05, 0) is 38.1 Å². The summed E-state index contributed by atoms with van der Waals surface area (Å²) in [5.74, 6) is 1.47. The van der Waals surface area contributed by atoms with Crippen LogP contribution in [-0.2, 0) is 4.74 Å². The Balaban J connectivity index is 1.95. The fraction of sp³-hybridized carbons (Fsp3) is 0.438. The summed E-state index contributed by atoms with van der Waals surface area (Å²) >= 11 is 0. The number of carbonyl (C=O) groups excluding carboxylic acids is 1. The van der Waals surface area contributed by atoms with Crippen LogP contribution in [0.15, 0.2) is 28.8 Å². The predicted octanol–water partition coefficient (Wildman–Crippen LogP) is 3.93. The monoisotopic (exact) mass is 318 g/mol. The van der Waals surface area contributed by atoms with Crippen molar-refractivity contribution in [3.8, 4) is 0 Å². The second-order valence-corrected chi connectivity index (χ2v) is 5.43. The highest BCUT2D eigenvalue weighted by atomic mass is 16.5. The first-order chi connectivity index (χ1) is 11.0. The average Bonchev–Trinajstić information content (AvgIpc) is 3.00. The summed E-state index contributed by atoms with van der Waals surface area (Å²) < 4.78 is 10.1. The molecular weight excluding hydrogens is 296 g/mol. The van der Waals surface area contributed by atoms with Crippen LogP contribution in [0.25, 0.3) is 0 Å². The largest absolute Gasteiger partial charge is 0.450 e. The molecule has 1 heterocycles. The van der Waals surface area contributed by atoms with Crippen molar-refractivity contribution in [1.82, 2.24) is 10.1 Å². The summed E-state index contributed by atoms with van der Waals surface area (Å²) in [4.78, 5) is 15.7. The molecule has 0 aliphatic rings. The van der Waals surface area contributed by atoms with E-state index in [1.807, 2.05) is 32.9 Å². The first-order valence-electron chi connectivity index (χ1n) is 7.63. The molecule has 0 saturated carbocycles. The van der Waals surface area contributed by atoms with E-state index in [0.717, 1.165) is 5.69 Å². The van der Waals surface area contributed by atoms with E-state index in [0.29, 0.717) is 24.0 Å². The van der Waals surface area contributed by atoms with Crippen molar-refractivity contribution >= 4 is 17.5 Å². The summed E-state index contributed by atoms with van der Waals surface area (Å²) in [6.07, 6.45) is -0.464. The average molecular weight is 318 g/mol. The SMILES string of the molecule is CCOC(=O)Nc1ccc(NC(C)c2nc(C(C)C)no2)cc1. The van der Waals surface area contributed by atoms with E-state index in [9.17, 15) is 4.79 Å². The second kappa shape index (κ2) is 7.62. The molecule has 1 amide bonds. The number of hydrogen-bond donors (Lipinski definition) is 2. The zero-order valence-corrected chi connectivity index (χ0v) is 13.8. The Morgan fingerprint density at radius 3 is 2.43 bits per heavy atom. The number of nitrogens with one attached hydrogen (secondary N) is 2. The van der Waals surface area contributed by atoms with Crippen LogP contribution in [0.4, 0.5) is 16.2 Å². The van der Waals surface area contributed by atoms with E-state index >= 15 is 0 Å². The lowest BCUT2D eigenvalue weighted by atomic mass is 10.2. The lowest BCUT2D eigenvalue weighted by Crippen LogP contribution is -2.13. The Morgan fingerprint density at radius 2 is 1.87 bits per heavy atom. The van der Waals surface area contributed by atoms with E-state index in [2.05, 4.69) is 20.8 Å². The van der Waals surface area contributed by atoms with Crippen LogP contribution in [0.3, 0.4) is 0 Å². The number of hydrogen-bond acceptors (Lipinski definition) is 6. The fourth-order valence-electron chi connectivity index (χ4n) is 1.90. The maximum Gasteiger partial charge on any atom is 0.411 e. The van der Waals surface area contributed by atoms with Gasteiger partial charge in [-0.15, -0.1) is 0 Å². The third-order valence-corrected chi connectivity index (χ3v) is 3.13. The van der Waals surface area contributed by atoms with Gasteiger partial charge in [-0.25, -0.2) is 4.79 Å². The molecule has 2 aromatic rings. The quantitative estimate of drug-likeness (QED) is 0.838. The van der Waals surface area contributed by atoms with E-state index < -0.39 is 6.09 Å². The Labute approximate surface area is 135 Å². The van der Waals surface area contributed by atoms with Gasteiger partial charge < -0.3 is 14.6 Å². The number of anilines is 2. The molecule has 1 aromatic carbocycles. The molecule has 0 aliphatic carbocycles. The van der Waals surface area contributed by atoms with Gasteiger partial charge in [-0.1, -0.05) is 19.0 Å². The minimum absolute atomic E-state index is 0.112. The van der Waals surface area contributed by atoms with E-state index in [1.54, 1.807) is 19.1 Å². The number of aromatic nitrogens is 2. The molecule has 2 N–H and O–H groups in total. The number of rotatable bonds is 6. The fourth-order valence-corrected chi connectivity index (χ4v) is 1.90. The van der Waals surface area contributed by atoms with Gasteiger partial charge in [0.15, 0.2) is 5.82 Å². The third kappa shape index (κ3) is 4.70. The summed E-state index contributed by atoms with van der Waals surface area (Å²) in [7, 11) is 0. The number of nitrogens with zero attached hydrogens (tertiary/aromatic N) is 2. The van der Waals surface area contributed by atoms with Crippen LogP contribution in [0.1, 0.15) is 51.4 Å². The van der Waals surface area contributed by atoms with Gasteiger partial charge in [-0.2, -0.15) is 4.98 Å². The minimum Gasteiger partial charge on any atom is -0.450 e. The van der Waals surface area contributed by atoms with Crippen molar-refractivity contribution in [3.63, 3.8) is 0 Å². The molecule has 2 rings (SSSR count). The molecule has 0 bridgehead atoms. The van der Waals surface area contributed by atoms with Gasteiger partial charge in [0, 0.05) is 17.3 Å². The van der Waals surface area contributed by atoms with E-state index in [-0.39, 0.29) is 12.0 Å². The Kier molecular flexibility index (Phi) is 5.56. The highest BCUT2D eigenvalue weighted by Crippen LogP contribution is 2.21. The Bertz CT molecular complexity index is 637.